The number of amides is 1. The number of aromatic nitrogens is 2. The standard InChI is InChI=1S/C17H21N5O2/c1-2-24-15-6-4-3-5-14(15)19-17-18-8-7-16(20-17)22-11-9-21(13-23)10-12-22/h3-8,13H,2,9-12H2,1H3,(H,18,19,20). The maximum atomic E-state index is 10.8. The van der Waals surface area contributed by atoms with E-state index in [1.807, 2.05) is 37.3 Å². The van der Waals surface area contributed by atoms with Crippen molar-refractivity contribution in [2.24, 2.45) is 0 Å². The van der Waals surface area contributed by atoms with Crippen LogP contribution in [0.1, 0.15) is 6.92 Å². The van der Waals surface area contributed by atoms with E-state index in [0.29, 0.717) is 25.6 Å². The van der Waals surface area contributed by atoms with Crippen molar-refractivity contribution in [3.05, 3.63) is 36.5 Å². The van der Waals surface area contributed by atoms with Gasteiger partial charge in [0.15, 0.2) is 0 Å². The Hall–Kier alpha value is -2.83. The third kappa shape index (κ3) is 3.73. The number of para-hydroxylation sites is 2. The number of piperazine rings is 1. The van der Waals surface area contributed by atoms with Crippen LogP contribution < -0.4 is 15.0 Å². The minimum Gasteiger partial charge on any atom is -0.492 e. The van der Waals surface area contributed by atoms with E-state index in [-0.39, 0.29) is 0 Å². The van der Waals surface area contributed by atoms with Gasteiger partial charge in [0.2, 0.25) is 12.4 Å². The molecular weight excluding hydrogens is 306 g/mol. The van der Waals surface area contributed by atoms with Crippen molar-refractivity contribution in [1.29, 1.82) is 0 Å². The van der Waals surface area contributed by atoms with E-state index in [0.717, 1.165) is 36.8 Å². The van der Waals surface area contributed by atoms with E-state index in [1.165, 1.54) is 0 Å². The number of carbonyl (C=O) groups is 1. The van der Waals surface area contributed by atoms with E-state index in [4.69, 9.17) is 4.74 Å². The quantitative estimate of drug-likeness (QED) is 0.817. The average molecular weight is 327 g/mol. The van der Waals surface area contributed by atoms with Crippen molar-refractivity contribution in [3.63, 3.8) is 0 Å². The molecule has 126 valence electrons. The number of anilines is 3. The molecule has 0 spiro atoms. The Bertz CT molecular complexity index is 686. The molecule has 1 aromatic heterocycles. The number of benzene rings is 1. The molecule has 1 aromatic carbocycles. The van der Waals surface area contributed by atoms with Gasteiger partial charge in [-0.05, 0) is 25.1 Å². The molecule has 1 aliphatic rings. The van der Waals surface area contributed by atoms with Crippen LogP contribution in [0.5, 0.6) is 5.75 Å². The first-order valence-electron chi connectivity index (χ1n) is 8.06. The highest BCUT2D eigenvalue weighted by Crippen LogP contribution is 2.26. The van der Waals surface area contributed by atoms with Gasteiger partial charge in [-0.2, -0.15) is 4.98 Å². The summed E-state index contributed by atoms with van der Waals surface area (Å²) in [5, 5.41) is 3.22. The monoisotopic (exact) mass is 327 g/mol. The van der Waals surface area contributed by atoms with E-state index in [2.05, 4.69) is 20.2 Å². The van der Waals surface area contributed by atoms with Gasteiger partial charge in [-0.25, -0.2) is 4.98 Å². The van der Waals surface area contributed by atoms with Crippen LogP contribution in [0, 0.1) is 0 Å². The van der Waals surface area contributed by atoms with Crippen LogP contribution in [0.25, 0.3) is 0 Å². The average Bonchev–Trinajstić information content (AvgIpc) is 2.64. The second-order valence-electron chi connectivity index (χ2n) is 5.42. The molecule has 0 bridgehead atoms. The fraction of sp³-hybridized carbons (Fsp3) is 0.353. The molecule has 0 radical (unpaired) electrons. The fourth-order valence-corrected chi connectivity index (χ4v) is 2.61. The summed E-state index contributed by atoms with van der Waals surface area (Å²) in [4.78, 5) is 23.6. The molecule has 1 amide bonds. The van der Waals surface area contributed by atoms with Gasteiger partial charge in [0.25, 0.3) is 0 Å². The van der Waals surface area contributed by atoms with Crippen molar-refractivity contribution in [2.45, 2.75) is 6.92 Å². The van der Waals surface area contributed by atoms with E-state index in [1.54, 1.807) is 11.1 Å². The highest BCUT2D eigenvalue weighted by Gasteiger charge is 2.17. The Balaban J connectivity index is 1.73. The molecule has 7 nitrogen and oxygen atoms in total. The number of ether oxygens (including phenoxy) is 1. The van der Waals surface area contributed by atoms with E-state index < -0.39 is 0 Å². The summed E-state index contributed by atoms with van der Waals surface area (Å²) in [6.45, 7) is 5.51. The number of hydrogen-bond acceptors (Lipinski definition) is 6. The maximum absolute atomic E-state index is 10.8. The van der Waals surface area contributed by atoms with E-state index in [9.17, 15) is 4.79 Å². The van der Waals surface area contributed by atoms with Crippen molar-refractivity contribution in [1.82, 2.24) is 14.9 Å². The Morgan fingerprint density at radius 3 is 2.75 bits per heavy atom. The van der Waals surface area contributed by atoms with Gasteiger partial charge >= 0.3 is 0 Å². The number of nitrogens with zero attached hydrogens (tertiary/aromatic N) is 4. The number of hydrogen-bond donors (Lipinski definition) is 1. The summed E-state index contributed by atoms with van der Waals surface area (Å²) >= 11 is 0. The lowest BCUT2D eigenvalue weighted by Crippen LogP contribution is -2.46. The molecule has 2 heterocycles. The SMILES string of the molecule is CCOc1ccccc1Nc1nccc(N2CCN(C=O)CC2)n1. The molecule has 3 rings (SSSR count). The highest BCUT2D eigenvalue weighted by atomic mass is 16.5. The Morgan fingerprint density at radius 1 is 1.21 bits per heavy atom. The lowest BCUT2D eigenvalue weighted by Gasteiger charge is -2.33. The van der Waals surface area contributed by atoms with Crippen LogP contribution in [0.4, 0.5) is 17.5 Å². The molecule has 0 aliphatic carbocycles. The largest absolute Gasteiger partial charge is 0.492 e. The molecule has 7 heteroatoms. The smallest absolute Gasteiger partial charge is 0.229 e. The number of nitrogens with one attached hydrogen (secondary N) is 1. The van der Waals surface area contributed by atoms with Crippen molar-refractivity contribution in [3.8, 4) is 5.75 Å². The van der Waals surface area contributed by atoms with Gasteiger partial charge in [0.1, 0.15) is 11.6 Å². The Morgan fingerprint density at radius 2 is 2.00 bits per heavy atom. The molecule has 2 aromatic rings. The van der Waals surface area contributed by atoms with Gasteiger partial charge in [-0.15, -0.1) is 0 Å². The first kappa shape index (κ1) is 16.0. The first-order valence-corrected chi connectivity index (χ1v) is 8.06. The van der Waals surface area contributed by atoms with Gasteiger partial charge < -0.3 is 19.9 Å². The zero-order valence-corrected chi connectivity index (χ0v) is 13.7. The molecule has 1 fully saturated rings. The molecule has 0 unspecified atom stereocenters. The van der Waals surface area contributed by atoms with Crippen LogP contribution in [0.3, 0.4) is 0 Å². The second-order valence-corrected chi connectivity index (χ2v) is 5.42. The predicted octanol–water partition coefficient (Wildman–Crippen LogP) is 1.90. The normalized spacial score (nSPS) is 14.4. The summed E-state index contributed by atoms with van der Waals surface area (Å²) in [7, 11) is 0. The van der Waals surface area contributed by atoms with Crippen LogP contribution in [0.15, 0.2) is 36.5 Å². The van der Waals surface area contributed by atoms with Crippen LogP contribution in [0.2, 0.25) is 0 Å². The lowest BCUT2D eigenvalue weighted by molar-refractivity contribution is -0.118. The minimum atomic E-state index is 0.525. The van der Waals surface area contributed by atoms with Crippen LogP contribution in [-0.4, -0.2) is 54.1 Å². The van der Waals surface area contributed by atoms with Crippen molar-refractivity contribution >= 4 is 23.9 Å². The van der Waals surface area contributed by atoms with Crippen LogP contribution >= 0.6 is 0 Å². The summed E-state index contributed by atoms with van der Waals surface area (Å²) in [5.74, 6) is 2.15. The zero-order chi connectivity index (χ0) is 16.8. The lowest BCUT2D eigenvalue weighted by atomic mass is 10.3. The molecule has 1 aliphatic heterocycles. The Kier molecular flexibility index (Phi) is 5.10. The van der Waals surface area contributed by atoms with Gasteiger partial charge in [0, 0.05) is 32.4 Å². The van der Waals surface area contributed by atoms with Gasteiger partial charge in [-0.3, -0.25) is 4.79 Å². The summed E-state index contributed by atoms with van der Waals surface area (Å²) in [6.07, 6.45) is 2.63. The third-order valence-electron chi connectivity index (χ3n) is 3.86. The van der Waals surface area contributed by atoms with Gasteiger partial charge in [0.05, 0.1) is 12.3 Å². The molecule has 0 atom stereocenters. The zero-order valence-electron chi connectivity index (χ0n) is 13.7. The topological polar surface area (TPSA) is 70.6 Å². The number of rotatable bonds is 6. The summed E-state index contributed by atoms with van der Waals surface area (Å²) in [6, 6.07) is 9.60. The third-order valence-corrected chi connectivity index (χ3v) is 3.86. The molecular formula is C17H21N5O2. The summed E-state index contributed by atoms with van der Waals surface area (Å²) < 4.78 is 5.61. The Labute approximate surface area is 141 Å². The molecule has 0 saturated carbocycles. The van der Waals surface area contributed by atoms with Crippen LogP contribution in [-0.2, 0) is 4.79 Å². The molecule has 24 heavy (non-hydrogen) atoms. The van der Waals surface area contributed by atoms with E-state index >= 15 is 0 Å². The molecule has 1 saturated heterocycles. The molecule has 1 N–H and O–H groups in total. The van der Waals surface area contributed by atoms with Crippen molar-refractivity contribution < 1.29 is 9.53 Å². The first-order chi connectivity index (χ1) is 11.8. The number of carbonyl (C=O) groups excluding carboxylic acids is 1. The minimum absolute atomic E-state index is 0.525. The highest BCUT2D eigenvalue weighted by molar-refractivity contribution is 5.63. The summed E-state index contributed by atoms with van der Waals surface area (Å²) in [5.41, 5.74) is 0.835. The van der Waals surface area contributed by atoms with Gasteiger partial charge in [-0.1, -0.05) is 12.1 Å². The van der Waals surface area contributed by atoms with Crippen molar-refractivity contribution in [2.75, 3.05) is 43.0 Å². The maximum Gasteiger partial charge on any atom is 0.229 e. The second kappa shape index (κ2) is 7.63. The fourth-order valence-electron chi connectivity index (χ4n) is 2.61. The predicted molar refractivity (Wildman–Crippen MR) is 92.8 cm³/mol.